The van der Waals surface area contributed by atoms with Crippen LogP contribution >= 0.6 is 11.6 Å². The Morgan fingerprint density at radius 1 is 1.19 bits per heavy atom. The van der Waals surface area contributed by atoms with Crippen LogP contribution in [0.15, 0.2) is 24.3 Å². The number of likely N-dealkylation sites (tertiary alicyclic amines) is 1. The number of rotatable bonds is 6. The Kier molecular flexibility index (Phi) is 8.62. The summed E-state index contributed by atoms with van der Waals surface area (Å²) < 4.78 is 17.3. The van der Waals surface area contributed by atoms with Crippen molar-refractivity contribution in [1.82, 2.24) is 9.80 Å². The predicted octanol–water partition coefficient (Wildman–Crippen LogP) is 4.39. The molecule has 0 saturated carbocycles. The summed E-state index contributed by atoms with van der Waals surface area (Å²) in [5, 5.41) is 0.756. The lowest BCUT2D eigenvalue weighted by Gasteiger charge is -2.46. The number of morpholine rings is 1. The fourth-order valence-corrected chi connectivity index (χ4v) is 4.48. The third-order valence-corrected chi connectivity index (χ3v) is 6.14. The minimum atomic E-state index is -0.464. The SMILES string of the molecule is CCOCC1CN(C2CCN(C(=O)OC(C)(C)C)CC2)[C@@H](Cc2ccc(Cl)cc2)CO1. The molecule has 31 heavy (non-hydrogen) atoms. The third kappa shape index (κ3) is 7.35. The van der Waals surface area contributed by atoms with Crippen molar-refractivity contribution < 1.29 is 19.0 Å². The van der Waals surface area contributed by atoms with Gasteiger partial charge in [0.25, 0.3) is 0 Å². The first-order valence-electron chi connectivity index (χ1n) is 11.4. The van der Waals surface area contributed by atoms with Crippen LogP contribution < -0.4 is 0 Å². The molecule has 3 rings (SSSR count). The number of amides is 1. The minimum Gasteiger partial charge on any atom is -0.444 e. The molecule has 1 amide bonds. The molecule has 0 bridgehead atoms. The molecular formula is C24H37ClN2O4. The highest BCUT2D eigenvalue weighted by Crippen LogP contribution is 2.26. The lowest BCUT2D eigenvalue weighted by atomic mass is 9.96. The van der Waals surface area contributed by atoms with Crippen LogP contribution in [0.1, 0.15) is 46.1 Å². The maximum atomic E-state index is 12.4. The van der Waals surface area contributed by atoms with Crippen molar-refractivity contribution in [2.45, 2.75) is 70.7 Å². The number of benzene rings is 1. The Balaban J connectivity index is 1.63. The van der Waals surface area contributed by atoms with Crippen LogP contribution in [0.3, 0.4) is 0 Å². The van der Waals surface area contributed by atoms with E-state index in [-0.39, 0.29) is 12.2 Å². The number of halogens is 1. The van der Waals surface area contributed by atoms with E-state index in [4.69, 9.17) is 25.8 Å². The highest BCUT2D eigenvalue weighted by atomic mass is 35.5. The Labute approximate surface area is 191 Å². The predicted molar refractivity (Wildman–Crippen MR) is 123 cm³/mol. The van der Waals surface area contributed by atoms with Crippen molar-refractivity contribution in [2.75, 3.05) is 39.5 Å². The van der Waals surface area contributed by atoms with Crippen LogP contribution in [0.25, 0.3) is 0 Å². The second kappa shape index (κ2) is 11.0. The first-order valence-corrected chi connectivity index (χ1v) is 11.8. The lowest BCUT2D eigenvalue weighted by Crippen LogP contribution is -2.58. The van der Waals surface area contributed by atoms with Crippen LogP contribution in [0.4, 0.5) is 4.79 Å². The van der Waals surface area contributed by atoms with Crippen molar-refractivity contribution >= 4 is 17.7 Å². The van der Waals surface area contributed by atoms with Gasteiger partial charge in [0.1, 0.15) is 5.60 Å². The number of carbonyl (C=O) groups is 1. The Morgan fingerprint density at radius 3 is 2.48 bits per heavy atom. The molecule has 2 heterocycles. The molecule has 0 spiro atoms. The second-order valence-electron chi connectivity index (χ2n) is 9.49. The van der Waals surface area contributed by atoms with Crippen LogP contribution in [-0.2, 0) is 20.6 Å². The molecule has 1 unspecified atom stereocenters. The summed E-state index contributed by atoms with van der Waals surface area (Å²) in [7, 11) is 0. The van der Waals surface area contributed by atoms with Crippen LogP contribution in [0.5, 0.6) is 0 Å². The molecule has 2 aliphatic rings. The molecular weight excluding hydrogens is 416 g/mol. The first-order chi connectivity index (χ1) is 14.7. The molecule has 7 heteroatoms. The zero-order valence-electron chi connectivity index (χ0n) is 19.3. The minimum absolute atomic E-state index is 0.0882. The summed E-state index contributed by atoms with van der Waals surface area (Å²) in [4.78, 5) is 16.9. The van der Waals surface area contributed by atoms with Crippen LogP contribution in [-0.4, -0.2) is 79.1 Å². The highest BCUT2D eigenvalue weighted by molar-refractivity contribution is 6.30. The molecule has 6 nitrogen and oxygen atoms in total. The van der Waals surface area contributed by atoms with Gasteiger partial charge in [-0.3, -0.25) is 4.90 Å². The largest absolute Gasteiger partial charge is 0.444 e. The average molecular weight is 453 g/mol. The maximum absolute atomic E-state index is 12.4. The van der Waals surface area contributed by atoms with Gasteiger partial charge in [0.05, 0.1) is 19.3 Å². The summed E-state index contributed by atoms with van der Waals surface area (Å²) in [6.45, 7) is 12.0. The van der Waals surface area contributed by atoms with E-state index in [1.54, 1.807) is 0 Å². The number of piperidine rings is 1. The van der Waals surface area contributed by atoms with E-state index in [0.29, 0.717) is 31.9 Å². The van der Waals surface area contributed by atoms with E-state index in [9.17, 15) is 4.79 Å². The van der Waals surface area contributed by atoms with E-state index in [1.807, 2.05) is 44.7 Å². The molecule has 1 aromatic carbocycles. The smallest absolute Gasteiger partial charge is 0.410 e. The van der Waals surface area contributed by atoms with Gasteiger partial charge in [-0.1, -0.05) is 23.7 Å². The van der Waals surface area contributed by atoms with Crippen molar-refractivity contribution in [3.8, 4) is 0 Å². The molecule has 2 fully saturated rings. The van der Waals surface area contributed by atoms with Gasteiger partial charge >= 0.3 is 6.09 Å². The molecule has 2 saturated heterocycles. The molecule has 2 aliphatic heterocycles. The van der Waals surface area contributed by atoms with Gasteiger partial charge in [0.2, 0.25) is 0 Å². The molecule has 0 N–H and O–H groups in total. The van der Waals surface area contributed by atoms with Gasteiger partial charge in [0.15, 0.2) is 0 Å². The summed E-state index contributed by atoms with van der Waals surface area (Å²) in [6, 6.07) is 8.81. The van der Waals surface area contributed by atoms with Crippen LogP contribution in [0, 0.1) is 0 Å². The summed E-state index contributed by atoms with van der Waals surface area (Å²) in [6.07, 6.45) is 2.69. The second-order valence-corrected chi connectivity index (χ2v) is 9.93. The van der Waals surface area contributed by atoms with Gasteiger partial charge < -0.3 is 19.1 Å². The Morgan fingerprint density at radius 2 is 1.87 bits per heavy atom. The quantitative estimate of drug-likeness (QED) is 0.640. The molecule has 2 atom stereocenters. The van der Waals surface area contributed by atoms with Crippen molar-refractivity contribution in [2.24, 2.45) is 0 Å². The summed E-state index contributed by atoms with van der Waals surface area (Å²) in [5.41, 5.74) is 0.798. The van der Waals surface area contributed by atoms with Gasteiger partial charge in [0, 0.05) is 43.3 Å². The number of hydrogen-bond acceptors (Lipinski definition) is 5. The Hall–Kier alpha value is -1.34. The molecule has 0 aliphatic carbocycles. The number of carbonyl (C=O) groups excluding carboxylic acids is 1. The van der Waals surface area contributed by atoms with E-state index in [1.165, 1.54) is 5.56 Å². The number of nitrogens with zero attached hydrogens (tertiary/aromatic N) is 2. The summed E-state index contributed by atoms with van der Waals surface area (Å²) >= 11 is 6.06. The average Bonchev–Trinajstić information content (AvgIpc) is 2.73. The van der Waals surface area contributed by atoms with Crippen molar-refractivity contribution in [1.29, 1.82) is 0 Å². The molecule has 0 radical (unpaired) electrons. The van der Waals surface area contributed by atoms with E-state index >= 15 is 0 Å². The van der Waals surface area contributed by atoms with Gasteiger partial charge in [-0.15, -0.1) is 0 Å². The Bertz CT molecular complexity index is 699. The molecule has 174 valence electrons. The van der Waals surface area contributed by atoms with Gasteiger partial charge in [-0.25, -0.2) is 4.79 Å². The topological polar surface area (TPSA) is 51.2 Å². The van der Waals surface area contributed by atoms with Gasteiger partial charge in [-0.05, 0) is 64.7 Å². The lowest BCUT2D eigenvalue weighted by molar-refractivity contribution is -0.110. The fourth-order valence-electron chi connectivity index (χ4n) is 4.35. The van der Waals surface area contributed by atoms with E-state index < -0.39 is 5.60 Å². The molecule has 0 aromatic heterocycles. The monoisotopic (exact) mass is 452 g/mol. The number of ether oxygens (including phenoxy) is 3. The van der Waals surface area contributed by atoms with E-state index in [2.05, 4.69) is 17.0 Å². The van der Waals surface area contributed by atoms with Crippen LogP contribution in [0.2, 0.25) is 5.02 Å². The first kappa shape index (κ1) is 24.3. The zero-order chi connectivity index (χ0) is 22.4. The number of hydrogen-bond donors (Lipinski definition) is 0. The van der Waals surface area contributed by atoms with Gasteiger partial charge in [-0.2, -0.15) is 0 Å². The highest BCUT2D eigenvalue weighted by Gasteiger charge is 2.36. The third-order valence-electron chi connectivity index (χ3n) is 5.89. The summed E-state index contributed by atoms with van der Waals surface area (Å²) in [5.74, 6) is 0. The zero-order valence-corrected chi connectivity index (χ0v) is 20.1. The normalized spacial score (nSPS) is 23.7. The fraction of sp³-hybridized carbons (Fsp3) is 0.708. The standard InChI is InChI=1S/C24H37ClN2O4/c1-5-29-17-22-15-27(21(16-30-22)14-18-6-8-19(25)9-7-18)20-10-12-26(13-11-20)23(28)31-24(2,3)4/h6-9,20-22H,5,10-17H2,1-4H3/t21-,22?/m0/s1. The maximum Gasteiger partial charge on any atom is 0.410 e. The molecule has 1 aromatic rings. The van der Waals surface area contributed by atoms with Crippen molar-refractivity contribution in [3.63, 3.8) is 0 Å². The van der Waals surface area contributed by atoms with E-state index in [0.717, 1.165) is 43.9 Å². The van der Waals surface area contributed by atoms with Crippen molar-refractivity contribution in [3.05, 3.63) is 34.9 Å².